The molecule has 0 bridgehead atoms. The van der Waals surface area contributed by atoms with Crippen LogP contribution < -0.4 is 15.9 Å². The van der Waals surface area contributed by atoms with Gasteiger partial charge in [0, 0.05) is 21.7 Å². The minimum Gasteiger partial charge on any atom is -0.507 e. The van der Waals surface area contributed by atoms with Crippen LogP contribution in [0.15, 0.2) is 54.6 Å². The van der Waals surface area contributed by atoms with Gasteiger partial charge in [-0.2, -0.15) is 0 Å². The first-order valence-corrected chi connectivity index (χ1v) is 14.7. The molecule has 0 fully saturated rings. The summed E-state index contributed by atoms with van der Waals surface area (Å²) >= 11 is 0. The quantitative estimate of drug-likeness (QED) is 0.344. The molecule has 3 rings (SSSR count). The Hall–Kier alpha value is -2.31. The molecule has 0 saturated carbocycles. The molecule has 3 heteroatoms. The van der Waals surface area contributed by atoms with Crippen molar-refractivity contribution in [3.05, 3.63) is 76.9 Å². The number of hydrogen-bond donors (Lipinski definition) is 2. The molecular formula is C34H47O2P. The standard InChI is InChI=1S/C34H47O2P/c1-31(2,3)22-18-25(33(7,8)9)29(35)27(20-22)37(24-16-14-13-15-17-24)28-21-23(32(4,5)6)19-26(30(28)36)34(10,11)12/h13-21,35-36H,1-12H3. The molecule has 37 heavy (non-hydrogen) atoms. The Kier molecular flexibility index (Phi) is 7.73. The van der Waals surface area contributed by atoms with E-state index < -0.39 is 7.92 Å². The van der Waals surface area contributed by atoms with Gasteiger partial charge < -0.3 is 10.2 Å². The molecule has 0 spiro atoms. The zero-order chi connectivity index (χ0) is 28.1. The fourth-order valence-electron chi connectivity index (χ4n) is 4.57. The second-order valence-corrected chi connectivity index (χ2v) is 16.6. The Morgan fingerprint density at radius 2 is 0.838 bits per heavy atom. The number of phenols is 2. The first kappa shape index (κ1) is 29.2. The zero-order valence-corrected chi connectivity index (χ0v) is 25.9. The summed E-state index contributed by atoms with van der Waals surface area (Å²) in [4.78, 5) is 0. The van der Waals surface area contributed by atoms with E-state index in [2.05, 4.69) is 132 Å². The van der Waals surface area contributed by atoms with Crippen molar-refractivity contribution < 1.29 is 10.2 Å². The van der Waals surface area contributed by atoms with Crippen LogP contribution >= 0.6 is 7.92 Å². The first-order valence-electron chi connectivity index (χ1n) is 13.3. The second kappa shape index (κ2) is 9.77. The van der Waals surface area contributed by atoms with Gasteiger partial charge in [-0.1, -0.05) is 126 Å². The Bertz CT molecular complexity index is 1180. The monoisotopic (exact) mass is 518 g/mol. The predicted molar refractivity (Wildman–Crippen MR) is 163 cm³/mol. The van der Waals surface area contributed by atoms with E-state index in [0.717, 1.165) is 27.0 Å². The maximum absolute atomic E-state index is 11.9. The minimum atomic E-state index is -1.24. The maximum Gasteiger partial charge on any atom is 0.127 e. The van der Waals surface area contributed by atoms with Crippen LogP contribution in [-0.2, 0) is 21.7 Å². The van der Waals surface area contributed by atoms with Crippen LogP contribution in [0.5, 0.6) is 11.5 Å². The maximum atomic E-state index is 11.9. The molecule has 0 atom stereocenters. The van der Waals surface area contributed by atoms with Crippen molar-refractivity contribution >= 4 is 23.8 Å². The number of phenolic OH excluding ortho intramolecular Hbond substituents is 2. The molecule has 0 aromatic heterocycles. The van der Waals surface area contributed by atoms with E-state index in [0.29, 0.717) is 11.5 Å². The summed E-state index contributed by atoms with van der Waals surface area (Å²) < 4.78 is 0. The minimum absolute atomic E-state index is 0.0913. The lowest BCUT2D eigenvalue weighted by Crippen LogP contribution is -2.28. The normalized spacial score (nSPS) is 13.3. The van der Waals surface area contributed by atoms with E-state index in [-0.39, 0.29) is 21.7 Å². The van der Waals surface area contributed by atoms with Crippen LogP contribution in [0.4, 0.5) is 0 Å². The van der Waals surface area contributed by atoms with Crippen LogP contribution in [0.25, 0.3) is 0 Å². The van der Waals surface area contributed by atoms with Crippen molar-refractivity contribution in [2.24, 2.45) is 0 Å². The van der Waals surface area contributed by atoms with E-state index in [1.54, 1.807) is 0 Å². The smallest absolute Gasteiger partial charge is 0.127 e. The number of hydrogen-bond acceptors (Lipinski definition) is 2. The number of benzene rings is 3. The van der Waals surface area contributed by atoms with Crippen LogP contribution in [0.1, 0.15) is 105 Å². The van der Waals surface area contributed by atoms with Gasteiger partial charge in [0.25, 0.3) is 0 Å². The van der Waals surface area contributed by atoms with E-state index >= 15 is 0 Å². The summed E-state index contributed by atoms with van der Waals surface area (Å²) in [5, 5.41) is 26.7. The molecule has 0 aliphatic heterocycles. The molecule has 0 aliphatic rings. The van der Waals surface area contributed by atoms with Crippen molar-refractivity contribution in [1.82, 2.24) is 0 Å². The Labute approximate surface area is 226 Å². The summed E-state index contributed by atoms with van der Waals surface area (Å²) in [6.07, 6.45) is 0. The van der Waals surface area contributed by atoms with E-state index in [1.165, 1.54) is 11.1 Å². The highest BCUT2D eigenvalue weighted by Crippen LogP contribution is 2.46. The first-order chi connectivity index (χ1) is 16.7. The molecule has 0 heterocycles. The third kappa shape index (κ3) is 6.23. The lowest BCUT2D eigenvalue weighted by atomic mass is 9.80. The van der Waals surface area contributed by atoms with E-state index in [1.807, 2.05) is 6.07 Å². The van der Waals surface area contributed by atoms with E-state index in [4.69, 9.17) is 0 Å². The third-order valence-corrected chi connectivity index (χ3v) is 9.48. The number of rotatable bonds is 3. The SMILES string of the molecule is CC(C)(C)c1cc(P(c2ccccc2)c2cc(C(C)(C)C)cc(C(C)(C)C)c2O)c(O)c(C(C)(C)C)c1. The second-order valence-electron chi connectivity index (χ2n) is 14.5. The summed E-state index contributed by atoms with van der Waals surface area (Å²) in [5.74, 6) is 0.682. The highest BCUT2D eigenvalue weighted by molar-refractivity contribution is 7.80. The van der Waals surface area contributed by atoms with Gasteiger partial charge in [-0.15, -0.1) is 0 Å². The van der Waals surface area contributed by atoms with Crippen LogP contribution in [0, 0.1) is 0 Å². The van der Waals surface area contributed by atoms with Gasteiger partial charge in [-0.05, 0) is 58.1 Å². The number of aromatic hydroxyl groups is 2. The van der Waals surface area contributed by atoms with Gasteiger partial charge in [-0.3, -0.25) is 0 Å². The van der Waals surface area contributed by atoms with Crippen molar-refractivity contribution in [3.8, 4) is 11.5 Å². The fraction of sp³-hybridized carbons (Fsp3) is 0.471. The molecule has 2 N–H and O–H groups in total. The van der Waals surface area contributed by atoms with Gasteiger partial charge >= 0.3 is 0 Å². The van der Waals surface area contributed by atoms with Crippen LogP contribution in [-0.4, -0.2) is 10.2 Å². The molecule has 2 nitrogen and oxygen atoms in total. The Morgan fingerprint density at radius 1 is 0.486 bits per heavy atom. The molecule has 0 unspecified atom stereocenters. The predicted octanol–water partition coefficient (Wildman–Crippen LogP) is 8.05. The Morgan fingerprint density at radius 3 is 1.14 bits per heavy atom. The van der Waals surface area contributed by atoms with Gasteiger partial charge in [-0.25, -0.2) is 0 Å². The summed E-state index contributed by atoms with van der Waals surface area (Å²) in [6, 6.07) is 19.1. The molecule has 0 radical (unpaired) electrons. The van der Waals surface area contributed by atoms with Crippen molar-refractivity contribution in [2.45, 2.75) is 105 Å². The van der Waals surface area contributed by atoms with Gasteiger partial charge in [0.05, 0.1) is 0 Å². The third-order valence-electron chi connectivity index (χ3n) is 7.02. The lowest BCUT2D eigenvalue weighted by molar-refractivity contribution is 0.448. The summed E-state index contributed by atoms with van der Waals surface area (Å²) in [7, 11) is -1.24. The lowest BCUT2D eigenvalue weighted by Gasteiger charge is -2.32. The summed E-state index contributed by atoms with van der Waals surface area (Å²) in [5.41, 5.74) is 3.62. The van der Waals surface area contributed by atoms with Crippen molar-refractivity contribution in [3.63, 3.8) is 0 Å². The fourth-order valence-corrected chi connectivity index (χ4v) is 7.06. The molecule has 0 saturated heterocycles. The highest BCUT2D eigenvalue weighted by atomic mass is 31.1. The van der Waals surface area contributed by atoms with E-state index in [9.17, 15) is 10.2 Å². The van der Waals surface area contributed by atoms with Gasteiger partial charge in [0.1, 0.15) is 11.5 Å². The van der Waals surface area contributed by atoms with Crippen LogP contribution in [0.2, 0.25) is 0 Å². The highest BCUT2D eigenvalue weighted by Gasteiger charge is 2.33. The molecule has 0 amide bonds. The van der Waals surface area contributed by atoms with Crippen molar-refractivity contribution in [2.75, 3.05) is 0 Å². The molecule has 0 aliphatic carbocycles. The molecule has 3 aromatic rings. The average molecular weight is 519 g/mol. The zero-order valence-electron chi connectivity index (χ0n) is 25.0. The van der Waals surface area contributed by atoms with Crippen LogP contribution in [0.3, 0.4) is 0 Å². The molecule has 200 valence electrons. The summed E-state index contributed by atoms with van der Waals surface area (Å²) in [6.45, 7) is 26.2. The van der Waals surface area contributed by atoms with Crippen molar-refractivity contribution in [1.29, 1.82) is 0 Å². The van der Waals surface area contributed by atoms with Gasteiger partial charge in [0.15, 0.2) is 0 Å². The topological polar surface area (TPSA) is 40.5 Å². The molecular weight excluding hydrogens is 471 g/mol. The largest absolute Gasteiger partial charge is 0.507 e. The Balaban J connectivity index is 2.53. The average Bonchev–Trinajstić information content (AvgIpc) is 2.73. The van der Waals surface area contributed by atoms with Gasteiger partial charge in [0.2, 0.25) is 0 Å². The molecule has 3 aromatic carbocycles.